The van der Waals surface area contributed by atoms with Gasteiger partial charge in [0.15, 0.2) is 0 Å². The van der Waals surface area contributed by atoms with E-state index in [-0.39, 0.29) is 0 Å². The van der Waals surface area contributed by atoms with Gasteiger partial charge in [-0.05, 0) is 87.1 Å². The SMILES string of the molecule is C/C(=C\COc1cc(C)c(O)c(C)c1C)CCC[C@H](C)CCC[C@H](C)CCCC(C)C. The lowest BCUT2D eigenvalue weighted by Gasteiger charge is -2.15. The summed E-state index contributed by atoms with van der Waals surface area (Å²) >= 11 is 0. The largest absolute Gasteiger partial charge is 0.507 e. The fourth-order valence-electron chi connectivity index (χ4n) is 4.26. The Morgan fingerprint density at radius 1 is 0.871 bits per heavy atom. The van der Waals surface area contributed by atoms with Gasteiger partial charge >= 0.3 is 0 Å². The summed E-state index contributed by atoms with van der Waals surface area (Å²) in [5.74, 6) is 3.83. The molecule has 0 radical (unpaired) electrons. The number of hydrogen-bond donors (Lipinski definition) is 1. The number of rotatable bonds is 15. The van der Waals surface area contributed by atoms with Crippen molar-refractivity contribution in [3.05, 3.63) is 34.4 Å². The molecule has 1 aromatic carbocycles. The summed E-state index contributed by atoms with van der Waals surface area (Å²) < 4.78 is 5.98. The highest BCUT2D eigenvalue weighted by atomic mass is 16.5. The molecule has 0 bridgehead atoms. The van der Waals surface area contributed by atoms with Crippen molar-refractivity contribution in [3.8, 4) is 11.5 Å². The Balaban J connectivity index is 2.22. The fraction of sp³-hybridized carbons (Fsp3) is 0.724. The number of ether oxygens (including phenoxy) is 1. The van der Waals surface area contributed by atoms with E-state index in [0.29, 0.717) is 12.4 Å². The van der Waals surface area contributed by atoms with Gasteiger partial charge in [-0.25, -0.2) is 0 Å². The average molecular weight is 431 g/mol. The summed E-state index contributed by atoms with van der Waals surface area (Å²) in [7, 11) is 0. The van der Waals surface area contributed by atoms with Crippen LogP contribution in [0.25, 0.3) is 0 Å². The summed E-state index contributed by atoms with van der Waals surface area (Å²) in [6.07, 6.45) is 14.3. The zero-order valence-corrected chi connectivity index (χ0v) is 21.8. The van der Waals surface area contributed by atoms with Crippen LogP contribution < -0.4 is 4.74 Å². The molecule has 0 saturated heterocycles. The highest BCUT2D eigenvalue weighted by Gasteiger charge is 2.10. The molecule has 0 unspecified atom stereocenters. The van der Waals surface area contributed by atoms with Crippen LogP contribution in [0.3, 0.4) is 0 Å². The van der Waals surface area contributed by atoms with Crippen LogP contribution in [0.4, 0.5) is 0 Å². The van der Waals surface area contributed by atoms with Crippen LogP contribution in [-0.4, -0.2) is 11.7 Å². The van der Waals surface area contributed by atoms with E-state index in [0.717, 1.165) is 46.6 Å². The molecule has 0 fully saturated rings. The zero-order valence-electron chi connectivity index (χ0n) is 21.8. The monoisotopic (exact) mass is 430 g/mol. The van der Waals surface area contributed by atoms with Crippen molar-refractivity contribution in [1.82, 2.24) is 0 Å². The van der Waals surface area contributed by atoms with Crippen molar-refractivity contribution >= 4 is 0 Å². The topological polar surface area (TPSA) is 29.5 Å². The quantitative estimate of drug-likeness (QED) is 0.281. The van der Waals surface area contributed by atoms with Crippen LogP contribution in [0.15, 0.2) is 17.7 Å². The number of allylic oxidation sites excluding steroid dienone is 1. The smallest absolute Gasteiger partial charge is 0.123 e. The van der Waals surface area contributed by atoms with Crippen molar-refractivity contribution in [2.75, 3.05) is 6.61 Å². The van der Waals surface area contributed by atoms with Gasteiger partial charge in [-0.1, -0.05) is 78.2 Å². The van der Waals surface area contributed by atoms with Crippen LogP contribution in [0, 0.1) is 38.5 Å². The molecule has 0 amide bonds. The van der Waals surface area contributed by atoms with Crippen LogP contribution in [0.2, 0.25) is 0 Å². The van der Waals surface area contributed by atoms with Crippen LogP contribution >= 0.6 is 0 Å². The molecule has 0 aliphatic heterocycles. The van der Waals surface area contributed by atoms with Gasteiger partial charge in [0.25, 0.3) is 0 Å². The maximum atomic E-state index is 10.0. The lowest BCUT2D eigenvalue weighted by Crippen LogP contribution is -2.01. The molecule has 2 heteroatoms. The van der Waals surface area contributed by atoms with E-state index in [2.05, 4.69) is 40.7 Å². The minimum absolute atomic E-state index is 0.381. The Hall–Kier alpha value is -1.44. The molecule has 1 rings (SSSR count). The summed E-state index contributed by atoms with van der Waals surface area (Å²) in [5, 5.41) is 10.0. The summed E-state index contributed by atoms with van der Waals surface area (Å²) in [5.41, 5.74) is 4.22. The molecular formula is C29H50O2. The lowest BCUT2D eigenvalue weighted by atomic mass is 9.91. The first kappa shape index (κ1) is 27.6. The maximum absolute atomic E-state index is 10.0. The number of phenols is 1. The molecule has 1 N–H and O–H groups in total. The van der Waals surface area contributed by atoms with Gasteiger partial charge in [-0.3, -0.25) is 0 Å². The molecule has 0 heterocycles. The Morgan fingerprint density at radius 3 is 2.00 bits per heavy atom. The second-order valence-corrected chi connectivity index (χ2v) is 10.5. The standard InChI is InChI=1S/C29H50O2/c1-21(2)12-9-13-22(3)14-10-15-23(4)16-11-17-24(5)18-19-31-28-20-25(6)29(30)27(8)26(28)7/h18,20-23,30H,9-17,19H2,1-8H3/b24-18+/t22-,23-/m1/s1. The number of benzene rings is 1. The molecule has 0 aromatic heterocycles. The molecule has 0 saturated carbocycles. The Kier molecular flexibility index (Phi) is 13.0. The summed E-state index contributed by atoms with van der Waals surface area (Å²) in [6.45, 7) is 18.2. The highest BCUT2D eigenvalue weighted by molar-refractivity contribution is 5.51. The van der Waals surface area contributed by atoms with E-state index in [9.17, 15) is 5.11 Å². The fourth-order valence-corrected chi connectivity index (χ4v) is 4.26. The van der Waals surface area contributed by atoms with Crippen LogP contribution in [-0.2, 0) is 0 Å². The van der Waals surface area contributed by atoms with Gasteiger partial charge in [0.2, 0.25) is 0 Å². The van der Waals surface area contributed by atoms with Gasteiger partial charge in [0.1, 0.15) is 18.1 Å². The molecule has 178 valence electrons. The van der Waals surface area contributed by atoms with E-state index < -0.39 is 0 Å². The molecule has 0 aliphatic rings. The Bertz CT molecular complexity index is 672. The maximum Gasteiger partial charge on any atom is 0.123 e. The third-order valence-electron chi connectivity index (χ3n) is 6.82. The third-order valence-corrected chi connectivity index (χ3v) is 6.82. The molecule has 2 atom stereocenters. The van der Waals surface area contributed by atoms with E-state index in [1.807, 2.05) is 26.8 Å². The summed E-state index contributed by atoms with van der Waals surface area (Å²) in [4.78, 5) is 0. The second-order valence-electron chi connectivity index (χ2n) is 10.5. The third kappa shape index (κ3) is 11.1. The molecule has 31 heavy (non-hydrogen) atoms. The minimum atomic E-state index is 0.381. The minimum Gasteiger partial charge on any atom is -0.507 e. The first-order chi connectivity index (χ1) is 14.6. The van der Waals surface area contributed by atoms with E-state index in [1.54, 1.807) is 0 Å². The van der Waals surface area contributed by atoms with Crippen molar-refractivity contribution in [2.24, 2.45) is 17.8 Å². The predicted molar refractivity (Wildman–Crippen MR) is 136 cm³/mol. The molecule has 0 aliphatic carbocycles. The van der Waals surface area contributed by atoms with E-state index in [1.165, 1.54) is 56.9 Å². The highest BCUT2D eigenvalue weighted by Crippen LogP contribution is 2.32. The molecule has 0 spiro atoms. The van der Waals surface area contributed by atoms with Gasteiger partial charge in [0.05, 0.1) is 0 Å². The normalized spacial score (nSPS) is 14.2. The van der Waals surface area contributed by atoms with Crippen molar-refractivity contribution in [3.63, 3.8) is 0 Å². The average Bonchev–Trinajstić information content (AvgIpc) is 2.70. The predicted octanol–water partition coefficient (Wildman–Crippen LogP) is 9.08. The van der Waals surface area contributed by atoms with Crippen molar-refractivity contribution < 1.29 is 9.84 Å². The van der Waals surface area contributed by atoms with Gasteiger partial charge < -0.3 is 9.84 Å². The van der Waals surface area contributed by atoms with Crippen LogP contribution in [0.5, 0.6) is 11.5 Å². The van der Waals surface area contributed by atoms with Crippen molar-refractivity contribution in [2.45, 2.75) is 113 Å². The number of aromatic hydroxyl groups is 1. The molecule has 1 aromatic rings. The lowest BCUT2D eigenvalue weighted by molar-refractivity contribution is 0.356. The zero-order chi connectivity index (χ0) is 23.4. The Labute approximate surface area is 193 Å². The van der Waals surface area contributed by atoms with Crippen molar-refractivity contribution in [1.29, 1.82) is 0 Å². The Morgan fingerprint density at radius 2 is 1.42 bits per heavy atom. The van der Waals surface area contributed by atoms with Gasteiger partial charge in [0, 0.05) is 0 Å². The summed E-state index contributed by atoms with van der Waals surface area (Å²) in [6, 6.07) is 1.94. The number of aryl methyl sites for hydroxylation is 1. The van der Waals surface area contributed by atoms with E-state index in [4.69, 9.17) is 4.74 Å². The van der Waals surface area contributed by atoms with Crippen LogP contribution in [0.1, 0.15) is 109 Å². The second kappa shape index (κ2) is 14.6. The first-order valence-electron chi connectivity index (χ1n) is 12.7. The van der Waals surface area contributed by atoms with Gasteiger partial charge in [-0.15, -0.1) is 0 Å². The number of hydrogen-bond acceptors (Lipinski definition) is 2. The molecule has 2 nitrogen and oxygen atoms in total. The van der Waals surface area contributed by atoms with E-state index >= 15 is 0 Å². The van der Waals surface area contributed by atoms with Gasteiger partial charge in [-0.2, -0.15) is 0 Å². The first-order valence-corrected chi connectivity index (χ1v) is 12.7. The number of phenolic OH excluding ortho intramolecular Hbond substituents is 1. The molecular weight excluding hydrogens is 380 g/mol.